The van der Waals surface area contributed by atoms with E-state index in [9.17, 15) is 0 Å². The second-order valence-corrected chi connectivity index (χ2v) is 5.90. The molecule has 0 fully saturated rings. The molecule has 2 rings (SSSR count). The summed E-state index contributed by atoms with van der Waals surface area (Å²) < 4.78 is 0. The summed E-state index contributed by atoms with van der Waals surface area (Å²) in [4.78, 5) is 8.27. The summed E-state index contributed by atoms with van der Waals surface area (Å²) in [5.74, 6) is 1.19. The van der Waals surface area contributed by atoms with E-state index >= 15 is 0 Å². The Kier molecular flexibility index (Phi) is 8.00. The van der Waals surface area contributed by atoms with Crippen molar-refractivity contribution in [2.45, 2.75) is 47.0 Å². The van der Waals surface area contributed by atoms with E-state index in [4.69, 9.17) is 0 Å². The second-order valence-electron chi connectivity index (χ2n) is 4.05. The van der Waals surface area contributed by atoms with Gasteiger partial charge in [-0.25, -0.2) is 9.97 Å². The van der Waals surface area contributed by atoms with Gasteiger partial charge in [-0.15, -0.1) is 22.7 Å². The predicted octanol–water partition coefficient (Wildman–Crippen LogP) is 5.17. The van der Waals surface area contributed by atoms with Gasteiger partial charge in [-0.3, -0.25) is 0 Å². The first kappa shape index (κ1) is 16.3. The van der Waals surface area contributed by atoms with E-state index < -0.39 is 0 Å². The zero-order valence-corrected chi connectivity index (χ0v) is 11.8. The maximum absolute atomic E-state index is 4.13. The minimum atomic E-state index is 0. The average molecular weight is 270 g/mol. The van der Waals surface area contributed by atoms with Gasteiger partial charge >= 0.3 is 0 Å². The third-order valence-electron chi connectivity index (χ3n) is 1.89. The van der Waals surface area contributed by atoms with Crippen LogP contribution in [0.5, 0.6) is 0 Å². The summed E-state index contributed by atoms with van der Waals surface area (Å²) in [5, 5.41) is 6.47. The number of thiazole rings is 2. The Balaban J connectivity index is 0.000000284. The van der Waals surface area contributed by atoms with Crippen LogP contribution in [-0.2, 0) is 0 Å². The fraction of sp³-hybridized carbons (Fsp3) is 0.538. The standard InChI is InChI=1S/2C6H9NS.CH4/c2*1-5(2)6-7-3-4-8-6;/h2*3-5H,1-2H3;1H4. The fourth-order valence-corrected chi connectivity index (χ4v) is 2.35. The van der Waals surface area contributed by atoms with Gasteiger partial charge in [0.25, 0.3) is 0 Å². The van der Waals surface area contributed by atoms with Crippen molar-refractivity contribution >= 4 is 22.7 Å². The largest absolute Gasteiger partial charge is 0.249 e. The molecule has 0 radical (unpaired) electrons. The van der Waals surface area contributed by atoms with Crippen LogP contribution in [0.1, 0.15) is 57.0 Å². The Labute approximate surface area is 113 Å². The van der Waals surface area contributed by atoms with E-state index in [0.29, 0.717) is 11.8 Å². The molecule has 2 aromatic heterocycles. The Bertz CT molecular complexity index is 326. The Hall–Kier alpha value is -0.740. The van der Waals surface area contributed by atoms with Gasteiger partial charge in [-0.2, -0.15) is 0 Å². The molecule has 0 saturated carbocycles. The number of nitrogens with zero attached hydrogens (tertiary/aromatic N) is 2. The second kappa shape index (κ2) is 8.37. The predicted molar refractivity (Wildman–Crippen MR) is 79.1 cm³/mol. The lowest BCUT2D eigenvalue weighted by molar-refractivity contribution is 0.852. The number of hydrogen-bond donors (Lipinski definition) is 0. The fourth-order valence-electron chi connectivity index (χ4n) is 1.04. The van der Waals surface area contributed by atoms with Gasteiger partial charge in [0.05, 0.1) is 10.0 Å². The first-order valence-corrected chi connectivity index (χ1v) is 7.16. The molecule has 2 nitrogen and oxygen atoms in total. The minimum absolute atomic E-state index is 0. The van der Waals surface area contributed by atoms with Crippen molar-refractivity contribution in [2.75, 3.05) is 0 Å². The van der Waals surface area contributed by atoms with Crippen molar-refractivity contribution in [1.82, 2.24) is 9.97 Å². The van der Waals surface area contributed by atoms with E-state index in [0.717, 1.165) is 0 Å². The highest BCUT2D eigenvalue weighted by atomic mass is 32.1. The number of rotatable bonds is 2. The lowest BCUT2D eigenvalue weighted by atomic mass is 10.2. The topological polar surface area (TPSA) is 25.8 Å². The maximum atomic E-state index is 4.13. The van der Waals surface area contributed by atoms with Crippen LogP contribution < -0.4 is 0 Å². The Morgan fingerprint density at radius 2 is 1.18 bits per heavy atom. The highest BCUT2D eigenvalue weighted by molar-refractivity contribution is 7.09. The molecule has 0 aliphatic carbocycles. The molecule has 0 spiro atoms. The highest BCUT2D eigenvalue weighted by Gasteiger charge is 1.98. The van der Waals surface area contributed by atoms with E-state index in [1.54, 1.807) is 22.7 Å². The van der Waals surface area contributed by atoms with Crippen LogP contribution in [0.15, 0.2) is 23.2 Å². The lowest BCUT2D eigenvalue weighted by Gasteiger charge is -1.93. The summed E-state index contributed by atoms with van der Waals surface area (Å²) in [5.41, 5.74) is 0. The quantitative estimate of drug-likeness (QED) is 0.752. The monoisotopic (exact) mass is 270 g/mol. The molecule has 17 heavy (non-hydrogen) atoms. The van der Waals surface area contributed by atoms with Crippen LogP contribution in [0, 0.1) is 0 Å². The Morgan fingerprint density at radius 1 is 0.824 bits per heavy atom. The zero-order chi connectivity index (χ0) is 12.0. The van der Waals surface area contributed by atoms with Gasteiger partial charge in [-0.05, 0) is 0 Å². The van der Waals surface area contributed by atoms with E-state index in [1.807, 2.05) is 23.2 Å². The molecule has 0 aromatic carbocycles. The van der Waals surface area contributed by atoms with Gasteiger partial charge in [0.1, 0.15) is 0 Å². The number of aromatic nitrogens is 2. The van der Waals surface area contributed by atoms with E-state index in [2.05, 4.69) is 37.7 Å². The van der Waals surface area contributed by atoms with E-state index in [-0.39, 0.29) is 7.43 Å². The van der Waals surface area contributed by atoms with Gasteiger partial charge < -0.3 is 0 Å². The van der Waals surface area contributed by atoms with Crippen molar-refractivity contribution in [3.05, 3.63) is 33.2 Å². The first-order chi connectivity index (χ1) is 7.61. The molecule has 0 amide bonds. The molecule has 4 heteroatoms. The van der Waals surface area contributed by atoms with Crippen LogP contribution in [0.2, 0.25) is 0 Å². The van der Waals surface area contributed by atoms with Crippen molar-refractivity contribution in [3.63, 3.8) is 0 Å². The summed E-state index contributed by atoms with van der Waals surface area (Å²) in [6.45, 7) is 8.61. The lowest BCUT2D eigenvalue weighted by Crippen LogP contribution is -1.81. The van der Waals surface area contributed by atoms with Crippen LogP contribution in [-0.4, -0.2) is 9.97 Å². The SMILES string of the molecule is C.CC(C)c1nccs1.CC(C)c1nccs1. The van der Waals surface area contributed by atoms with Crippen LogP contribution in [0.25, 0.3) is 0 Å². The van der Waals surface area contributed by atoms with Crippen molar-refractivity contribution < 1.29 is 0 Å². The van der Waals surface area contributed by atoms with Crippen molar-refractivity contribution in [2.24, 2.45) is 0 Å². The zero-order valence-electron chi connectivity index (χ0n) is 10.2. The molecule has 0 aliphatic heterocycles. The molecule has 96 valence electrons. The molecule has 0 bridgehead atoms. The number of hydrogen-bond acceptors (Lipinski definition) is 4. The molecular formula is C13H22N2S2. The smallest absolute Gasteiger partial charge is 0.0950 e. The average Bonchev–Trinajstić information content (AvgIpc) is 2.93. The van der Waals surface area contributed by atoms with Gasteiger partial charge in [0.2, 0.25) is 0 Å². The van der Waals surface area contributed by atoms with Gasteiger partial charge in [-0.1, -0.05) is 35.1 Å². The molecule has 0 saturated heterocycles. The molecule has 0 unspecified atom stereocenters. The van der Waals surface area contributed by atoms with E-state index in [1.165, 1.54) is 10.0 Å². The van der Waals surface area contributed by atoms with Crippen LogP contribution in [0.3, 0.4) is 0 Å². The molecule has 2 aromatic rings. The molecule has 0 N–H and O–H groups in total. The third kappa shape index (κ3) is 5.94. The molecular weight excluding hydrogens is 248 g/mol. The Morgan fingerprint density at radius 3 is 1.29 bits per heavy atom. The van der Waals surface area contributed by atoms with Crippen LogP contribution >= 0.6 is 22.7 Å². The minimum Gasteiger partial charge on any atom is -0.249 e. The first-order valence-electron chi connectivity index (χ1n) is 5.40. The highest BCUT2D eigenvalue weighted by Crippen LogP contribution is 2.15. The van der Waals surface area contributed by atoms with Crippen molar-refractivity contribution in [3.8, 4) is 0 Å². The molecule has 0 atom stereocenters. The summed E-state index contributed by atoms with van der Waals surface area (Å²) in [6, 6.07) is 0. The normalized spacial score (nSPS) is 9.76. The maximum Gasteiger partial charge on any atom is 0.0950 e. The molecule has 0 aliphatic rings. The summed E-state index contributed by atoms with van der Waals surface area (Å²) >= 11 is 3.44. The summed E-state index contributed by atoms with van der Waals surface area (Å²) in [7, 11) is 0. The summed E-state index contributed by atoms with van der Waals surface area (Å²) in [6.07, 6.45) is 3.69. The van der Waals surface area contributed by atoms with Gasteiger partial charge in [0, 0.05) is 35.0 Å². The third-order valence-corrected chi connectivity index (χ3v) is 4.04. The van der Waals surface area contributed by atoms with Crippen LogP contribution in [0.4, 0.5) is 0 Å². The van der Waals surface area contributed by atoms with Crippen molar-refractivity contribution in [1.29, 1.82) is 0 Å². The molecule has 2 heterocycles. The van der Waals surface area contributed by atoms with Gasteiger partial charge in [0.15, 0.2) is 0 Å².